The number of nitrogens with one attached hydrogen (secondary N) is 2. The highest BCUT2D eigenvalue weighted by Crippen LogP contribution is 2.56. The fourth-order valence-electron chi connectivity index (χ4n) is 5.35. The molecule has 1 saturated carbocycles. The summed E-state index contributed by atoms with van der Waals surface area (Å²) in [5.41, 5.74) is 2.44. The molecule has 7 rings (SSSR count). The van der Waals surface area contributed by atoms with Crippen LogP contribution in [-0.2, 0) is 29.2 Å². The van der Waals surface area contributed by atoms with E-state index in [0.29, 0.717) is 47.6 Å². The second kappa shape index (κ2) is 7.25. The smallest absolute Gasteiger partial charge is 0.416 e. The molecule has 1 fully saturated rings. The van der Waals surface area contributed by atoms with Crippen LogP contribution in [0.4, 0.5) is 18.9 Å². The molecule has 3 aliphatic rings. The van der Waals surface area contributed by atoms with Crippen LogP contribution in [0.1, 0.15) is 35.4 Å². The van der Waals surface area contributed by atoms with Crippen molar-refractivity contribution in [3.63, 3.8) is 0 Å². The first-order chi connectivity index (χ1) is 17.3. The molecule has 36 heavy (non-hydrogen) atoms. The van der Waals surface area contributed by atoms with Crippen LogP contribution in [-0.4, -0.2) is 22.0 Å². The van der Waals surface area contributed by atoms with Gasteiger partial charge in [0.25, 0.3) is 0 Å². The summed E-state index contributed by atoms with van der Waals surface area (Å²) in [4.78, 5) is 19.5. The average molecular weight is 491 g/mol. The van der Waals surface area contributed by atoms with Gasteiger partial charge in [0.05, 0.1) is 22.0 Å². The highest BCUT2D eigenvalue weighted by Gasteiger charge is 2.62. The summed E-state index contributed by atoms with van der Waals surface area (Å²) >= 11 is 0. The van der Waals surface area contributed by atoms with Gasteiger partial charge in [-0.05, 0) is 66.9 Å². The number of imidazole rings is 1. The lowest BCUT2D eigenvalue weighted by atomic mass is 9.92. The van der Waals surface area contributed by atoms with Gasteiger partial charge < -0.3 is 19.8 Å². The molecule has 3 heterocycles. The minimum atomic E-state index is -4.41. The predicted molar refractivity (Wildman–Crippen MR) is 125 cm³/mol. The number of H-pyrrole nitrogens is 1. The van der Waals surface area contributed by atoms with Gasteiger partial charge in [0.15, 0.2) is 0 Å². The van der Waals surface area contributed by atoms with Gasteiger partial charge in [0.1, 0.15) is 29.2 Å². The summed E-state index contributed by atoms with van der Waals surface area (Å²) in [6, 6.07) is 14.8. The normalized spacial score (nSPS) is 22.2. The van der Waals surface area contributed by atoms with Gasteiger partial charge >= 0.3 is 6.18 Å². The maximum atomic E-state index is 13.1. The van der Waals surface area contributed by atoms with Crippen molar-refractivity contribution in [1.82, 2.24) is 9.97 Å². The van der Waals surface area contributed by atoms with E-state index >= 15 is 0 Å². The van der Waals surface area contributed by atoms with Crippen molar-refractivity contribution in [1.29, 1.82) is 0 Å². The minimum absolute atomic E-state index is 0.00455. The summed E-state index contributed by atoms with van der Waals surface area (Å²) in [6.07, 6.45) is -2.10. The van der Waals surface area contributed by atoms with Crippen LogP contribution in [0, 0.1) is 0 Å². The number of alkyl halides is 3. The Morgan fingerprint density at radius 2 is 1.97 bits per heavy atom. The maximum Gasteiger partial charge on any atom is 0.416 e. The molecule has 1 aromatic heterocycles. The monoisotopic (exact) mass is 491 g/mol. The molecule has 1 unspecified atom stereocenters. The van der Waals surface area contributed by atoms with Crippen LogP contribution in [0.15, 0.2) is 54.6 Å². The van der Waals surface area contributed by atoms with E-state index in [1.54, 1.807) is 0 Å². The van der Waals surface area contributed by atoms with Gasteiger partial charge in [-0.1, -0.05) is 6.07 Å². The Morgan fingerprint density at radius 1 is 1.08 bits per heavy atom. The number of rotatable bonds is 3. The van der Waals surface area contributed by atoms with E-state index in [0.717, 1.165) is 41.1 Å². The van der Waals surface area contributed by atoms with Crippen molar-refractivity contribution in [2.45, 2.75) is 43.4 Å². The van der Waals surface area contributed by atoms with E-state index in [-0.39, 0.29) is 12.0 Å². The number of ether oxygens (including phenoxy) is 2. The number of carbonyl (C=O) groups excluding carboxylic acids is 1. The number of carbonyl (C=O) groups is 1. The lowest BCUT2D eigenvalue weighted by Crippen LogP contribution is -2.25. The van der Waals surface area contributed by atoms with Gasteiger partial charge in [-0.3, -0.25) is 4.79 Å². The van der Waals surface area contributed by atoms with Crippen molar-refractivity contribution < 1.29 is 27.4 Å². The second-order valence-corrected chi connectivity index (χ2v) is 9.66. The number of hydrogen-bond donors (Lipinski definition) is 2. The van der Waals surface area contributed by atoms with Gasteiger partial charge in [0, 0.05) is 24.1 Å². The molecular weight excluding hydrogens is 471 g/mol. The number of aromatic nitrogens is 2. The fourth-order valence-corrected chi connectivity index (χ4v) is 5.35. The second-order valence-electron chi connectivity index (χ2n) is 9.66. The zero-order valence-corrected chi connectivity index (χ0v) is 18.9. The third-order valence-electron chi connectivity index (χ3n) is 7.33. The van der Waals surface area contributed by atoms with Gasteiger partial charge in [-0.25, -0.2) is 4.98 Å². The van der Waals surface area contributed by atoms with Gasteiger partial charge in [-0.2, -0.15) is 13.2 Å². The van der Waals surface area contributed by atoms with E-state index in [9.17, 15) is 18.0 Å². The molecule has 0 bridgehead atoms. The van der Waals surface area contributed by atoms with Crippen LogP contribution in [0.2, 0.25) is 0 Å². The number of fused-ring (bicyclic) bond motifs is 4. The maximum absolute atomic E-state index is 13.1. The SMILES string of the molecule is O=C1CCc2c(cccc2Oc2ccc3c(c2)CC2(c4nc5ccc(C(F)(F)F)cc5[nH]4)C[C@H]2O3)N1. The highest BCUT2D eigenvalue weighted by molar-refractivity contribution is 5.94. The Bertz CT molecular complexity index is 1560. The number of halogens is 3. The van der Waals surface area contributed by atoms with Crippen molar-refractivity contribution in [2.75, 3.05) is 5.32 Å². The van der Waals surface area contributed by atoms with E-state index < -0.39 is 17.2 Å². The van der Waals surface area contributed by atoms with Crippen LogP contribution >= 0.6 is 0 Å². The molecule has 9 heteroatoms. The molecule has 1 amide bonds. The first kappa shape index (κ1) is 21.3. The summed E-state index contributed by atoms with van der Waals surface area (Å²) in [7, 11) is 0. The molecular formula is C27H20F3N3O3. The zero-order valence-electron chi connectivity index (χ0n) is 18.9. The lowest BCUT2D eigenvalue weighted by Gasteiger charge is -2.24. The summed E-state index contributed by atoms with van der Waals surface area (Å²) in [5.74, 6) is 2.76. The lowest BCUT2D eigenvalue weighted by molar-refractivity contribution is -0.137. The highest BCUT2D eigenvalue weighted by atomic mass is 19.4. The summed E-state index contributed by atoms with van der Waals surface area (Å²) in [5, 5.41) is 2.88. The van der Waals surface area contributed by atoms with E-state index in [2.05, 4.69) is 15.3 Å². The van der Waals surface area contributed by atoms with Crippen molar-refractivity contribution >= 4 is 22.6 Å². The topological polar surface area (TPSA) is 76.2 Å². The quantitative estimate of drug-likeness (QED) is 0.374. The molecule has 3 aromatic carbocycles. The van der Waals surface area contributed by atoms with Gasteiger partial charge in [-0.15, -0.1) is 0 Å². The Kier molecular flexibility index (Phi) is 4.29. The Labute approximate surface area is 203 Å². The molecule has 182 valence electrons. The number of hydrogen-bond acceptors (Lipinski definition) is 4. The van der Waals surface area contributed by atoms with Gasteiger partial charge in [0.2, 0.25) is 5.91 Å². The summed E-state index contributed by atoms with van der Waals surface area (Å²) in [6.45, 7) is 0. The van der Waals surface area contributed by atoms with E-state index in [4.69, 9.17) is 9.47 Å². The predicted octanol–water partition coefficient (Wildman–Crippen LogP) is 5.90. The number of nitrogens with zero attached hydrogens (tertiary/aromatic N) is 1. The summed E-state index contributed by atoms with van der Waals surface area (Å²) < 4.78 is 51.9. The third kappa shape index (κ3) is 3.33. The largest absolute Gasteiger partial charge is 0.489 e. The van der Waals surface area contributed by atoms with Crippen LogP contribution in [0.5, 0.6) is 17.2 Å². The van der Waals surface area contributed by atoms with E-state index in [1.807, 2.05) is 36.4 Å². The van der Waals surface area contributed by atoms with Crippen molar-refractivity contribution in [2.24, 2.45) is 0 Å². The fraction of sp³-hybridized carbons (Fsp3) is 0.259. The minimum Gasteiger partial charge on any atom is -0.489 e. The molecule has 2 aliphatic heterocycles. The molecule has 0 saturated heterocycles. The van der Waals surface area contributed by atoms with E-state index in [1.165, 1.54) is 6.07 Å². The molecule has 0 spiro atoms. The Morgan fingerprint density at radius 3 is 2.83 bits per heavy atom. The molecule has 4 aromatic rings. The Balaban J connectivity index is 1.18. The Hall–Kier alpha value is -4.01. The zero-order chi connectivity index (χ0) is 24.7. The number of aromatic amines is 1. The third-order valence-corrected chi connectivity index (χ3v) is 7.33. The first-order valence-corrected chi connectivity index (χ1v) is 11.8. The van der Waals surface area contributed by atoms with Crippen molar-refractivity contribution in [3.8, 4) is 17.2 Å². The first-order valence-electron chi connectivity index (χ1n) is 11.8. The molecule has 6 nitrogen and oxygen atoms in total. The van der Waals surface area contributed by atoms with Crippen molar-refractivity contribution in [3.05, 3.63) is 77.1 Å². The molecule has 0 radical (unpaired) electrons. The standard InChI is InChI=1S/C27H20F3N3O3/c28-27(29,30)15-4-7-19-20(11-15)33-25(32-19)26-12-14-10-16(5-8-21(14)36-23(26)13-26)35-22-3-1-2-18-17(22)6-9-24(34)31-18/h1-5,7-8,10-11,23H,6,9,12-13H2,(H,31,34)(H,32,33)/t23-,26?/m1/s1. The number of amides is 1. The van der Waals surface area contributed by atoms with Crippen LogP contribution in [0.25, 0.3) is 11.0 Å². The molecule has 2 N–H and O–H groups in total. The molecule has 2 atom stereocenters. The van der Waals surface area contributed by atoms with Crippen LogP contribution < -0.4 is 14.8 Å². The molecule has 1 aliphatic carbocycles. The van der Waals surface area contributed by atoms with Crippen LogP contribution in [0.3, 0.4) is 0 Å². The number of anilines is 1. The number of benzene rings is 3. The average Bonchev–Trinajstić information content (AvgIpc) is 3.39.